The molecule has 2 heterocycles. The van der Waals surface area contributed by atoms with Gasteiger partial charge >= 0.3 is 5.97 Å². The third-order valence-corrected chi connectivity index (χ3v) is 6.09. The molecule has 2 aliphatic carbocycles. The number of fused-ring (bicyclic) bond motifs is 2. The third-order valence-electron chi connectivity index (χ3n) is 6.09. The van der Waals surface area contributed by atoms with Crippen molar-refractivity contribution in [2.45, 2.75) is 25.2 Å². The van der Waals surface area contributed by atoms with Crippen molar-refractivity contribution in [3.05, 3.63) is 23.3 Å². The van der Waals surface area contributed by atoms with Crippen molar-refractivity contribution >= 4 is 17.5 Å². The van der Waals surface area contributed by atoms with Crippen LogP contribution in [0.2, 0.25) is 0 Å². The molecule has 1 saturated heterocycles. The summed E-state index contributed by atoms with van der Waals surface area (Å²) in [7, 11) is 2.94. The van der Waals surface area contributed by atoms with E-state index in [0.717, 1.165) is 0 Å². The Labute approximate surface area is 161 Å². The van der Waals surface area contributed by atoms with Crippen molar-refractivity contribution in [2.24, 2.45) is 29.3 Å². The summed E-state index contributed by atoms with van der Waals surface area (Å²) < 4.78 is 33.6. The van der Waals surface area contributed by atoms with Gasteiger partial charge in [0.1, 0.15) is 17.2 Å². The van der Waals surface area contributed by atoms with Crippen LogP contribution in [0.15, 0.2) is 6.20 Å². The molecule has 3 atom stereocenters. The molecule has 2 fully saturated rings. The Morgan fingerprint density at radius 2 is 2.07 bits per heavy atom. The van der Waals surface area contributed by atoms with Crippen LogP contribution in [-0.2, 0) is 21.9 Å². The van der Waals surface area contributed by atoms with Gasteiger partial charge in [0.05, 0.1) is 7.11 Å². The molecule has 8 nitrogen and oxygen atoms in total. The molecule has 4 rings (SSSR count). The maximum absolute atomic E-state index is 14.4. The average molecular weight is 394 g/mol. The summed E-state index contributed by atoms with van der Waals surface area (Å²) in [6.07, 6.45) is 1.57. The number of hydrogen-bond donors (Lipinski definition) is 2. The highest BCUT2D eigenvalue weighted by molar-refractivity contribution is 5.70. The number of esters is 1. The van der Waals surface area contributed by atoms with Crippen LogP contribution in [0.5, 0.6) is 0 Å². The van der Waals surface area contributed by atoms with Gasteiger partial charge in [-0.1, -0.05) is 0 Å². The fraction of sp³-hybridized carbons (Fsp3) is 0.611. The van der Waals surface area contributed by atoms with Crippen LogP contribution in [-0.4, -0.2) is 48.2 Å². The summed E-state index contributed by atoms with van der Waals surface area (Å²) in [6, 6.07) is 0. The van der Waals surface area contributed by atoms with Gasteiger partial charge in [0.25, 0.3) is 5.92 Å². The molecule has 1 aromatic rings. The minimum atomic E-state index is -3.00. The fourth-order valence-corrected chi connectivity index (χ4v) is 4.53. The molecular formula is C18H24F2N6O2. The maximum atomic E-state index is 14.4. The number of methoxy groups -OCH3 is 1. The van der Waals surface area contributed by atoms with E-state index in [2.05, 4.69) is 9.97 Å². The van der Waals surface area contributed by atoms with Gasteiger partial charge in [-0.2, -0.15) is 8.78 Å². The number of ether oxygens (including phenoxy) is 1. The number of anilines is 1. The smallest absolute Gasteiger partial charge is 0.305 e. The first-order valence-corrected chi connectivity index (χ1v) is 9.28. The molecule has 28 heavy (non-hydrogen) atoms. The van der Waals surface area contributed by atoms with Crippen LogP contribution < -0.4 is 16.5 Å². The van der Waals surface area contributed by atoms with Gasteiger partial charge in [-0.3, -0.25) is 4.79 Å². The van der Waals surface area contributed by atoms with Crippen molar-refractivity contribution < 1.29 is 18.3 Å². The van der Waals surface area contributed by atoms with Gasteiger partial charge in [0.15, 0.2) is 5.82 Å². The first-order valence-electron chi connectivity index (χ1n) is 9.28. The number of piperidine rings is 1. The van der Waals surface area contributed by atoms with Crippen LogP contribution in [0.4, 0.5) is 14.6 Å². The van der Waals surface area contributed by atoms with Crippen molar-refractivity contribution in [1.82, 2.24) is 15.0 Å². The molecule has 1 unspecified atom stereocenters. The minimum absolute atomic E-state index is 0.0921. The second-order valence-corrected chi connectivity index (χ2v) is 7.74. The highest BCUT2D eigenvalue weighted by atomic mass is 19.3. The molecule has 4 N–H and O–H groups in total. The van der Waals surface area contributed by atoms with E-state index in [-0.39, 0.29) is 36.0 Å². The molecule has 3 aliphatic rings. The zero-order valence-corrected chi connectivity index (χ0v) is 15.9. The number of carbonyl (C=O) groups is 1. The number of nitrogens with two attached hydrogens (primary N) is 2. The topological polar surface area (TPSA) is 111 Å². The summed E-state index contributed by atoms with van der Waals surface area (Å²) in [5.74, 6) is 4.20. The number of hydrazine groups is 1. The van der Waals surface area contributed by atoms with Crippen LogP contribution in [0.1, 0.15) is 29.9 Å². The van der Waals surface area contributed by atoms with Gasteiger partial charge < -0.3 is 20.4 Å². The van der Waals surface area contributed by atoms with Crippen molar-refractivity contribution in [1.29, 1.82) is 0 Å². The standard InChI is InChI=1S/C18H24F2N6O2/c1-25(22)13(6-21)16-23-15-9(3-4-18(15,19)20)17(24-16)26-7-11-10(12(11)8-26)5-14(27)28-2/h6,10-12H,3-5,7-8,21-22H2,1-2H3/b13-6-/t10?,11-,12+. The van der Waals surface area contributed by atoms with Crippen LogP contribution in [0, 0.1) is 17.8 Å². The van der Waals surface area contributed by atoms with E-state index in [9.17, 15) is 13.6 Å². The van der Waals surface area contributed by atoms with Gasteiger partial charge in [0, 0.05) is 44.7 Å². The molecular weight excluding hydrogens is 370 g/mol. The van der Waals surface area contributed by atoms with E-state index < -0.39 is 5.92 Å². The van der Waals surface area contributed by atoms with E-state index >= 15 is 0 Å². The Balaban J connectivity index is 1.64. The second-order valence-electron chi connectivity index (χ2n) is 7.74. The SMILES string of the molecule is COC(=O)CC1[C@H]2CN(c3nc(/C(=C/N)N(C)N)nc4c3CCC4(F)F)C[C@@H]12. The molecule has 10 heteroatoms. The Kier molecular flexibility index (Phi) is 4.40. The van der Waals surface area contributed by atoms with Gasteiger partial charge in [-0.05, 0) is 24.2 Å². The highest BCUT2D eigenvalue weighted by Gasteiger charge is 2.57. The Hall–Kier alpha value is -2.49. The molecule has 0 bridgehead atoms. The lowest BCUT2D eigenvalue weighted by Gasteiger charge is -2.25. The zero-order valence-electron chi connectivity index (χ0n) is 15.9. The summed E-state index contributed by atoms with van der Waals surface area (Å²) in [5.41, 5.74) is 6.16. The molecule has 0 spiro atoms. The zero-order chi connectivity index (χ0) is 20.2. The fourth-order valence-electron chi connectivity index (χ4n) is 4.53. The van der Waals surface area contributed by atoms with E-state index in [0.29, 0.717) is 48.6 Å². The van der Waals surface area contributed by atoms with Crippen LogP contribution in [0.3, 0.4) is 0 Å². The summed E-state index contributed by atoms with van der Waals surface area (Å²) in [5, 5.41) is 1.21. The first-order chi connectivity index (χ1) is 13.3. The molecule has 0 radical (unpaired) electrons. The molecule has 1 saturated carbocycles. The van der Waals surface area contributed by atoms with Gasteiger partial charge in [-0.15, -0.1) is 0 Å². The summed E-state index contributed by atoms with van der Waals surface area (Å²) in [6.45, 7) is 1.36. The number of alkyl halides is 2. The lowest BCUT2D eigenvalue weighted by atomic mass is 10.1. The number of nitrogens with zero attached hydrogens (tertiary/aromatic N) is 4. The first kappa shape index (κ1) is 18.9. The molecule has 0 amide bonds. The van der Waals surface area contributed by atoms with Crippen LogP contribution >= 0.6 is 0 Å². The monoisotopic (exact) mass is 394 g/mol. The van der Waals surface area contributed by atoms with E-state index in [4.69, 9.17) is 16.3 Å². The lowest BCUT2D eigenvalue weighted by molar-refractivity contribution is -0.141. The number of hydrogen-bond acceptors (Lipinski definition) is 8. The normalized spacial score (nSPS) is 27.4. The third kappa shape index (κ3) is 2.95. The highest BCUT2D eigenvalue weighted by Crippen LogP contribution is 2.55. The Morgan fingerprint density at radius 3 is 2.64 bits per heavy atom. The van der Waals surface area contributed by atoms with Gasteiger partial charge in [-0.25, -0.2) is 15.8 Å². The summed E-state index contributed by atoms with van der Waals surface area (Å²) >= 11 is 0. The molecule has 1 aliphatic heterocycles. The Morgan fingerprint density at radius 1 is 1.39 bits per heavy atom. The summed E-state index contributed by atoms with van der Waals surface area (Å²) in [4.78, 5) is 22.2. The van der Waals surface area contributed by atoms with Crippen LogP contribution in [0.25, 0.3) is 5.70 Å². The van der Waals surface area contributed by atoms with Crippen molar-refractivity contribution in [3.63, 3.8) is 0 Å². The number of rotatable bonds is 5. The minimum Gasteiger partial charge on any atom is -0.469 e. The number of aromatic nitrogens is 2. The largest absolute Gasteiger partial charge is 0.469 e. The van der Waals surface area contributed by atoms with Gasteiger partial charge in [0.2, 0.25) is 0 Å². The van der Waals surface area contributed by atoms with E-state index in [1.54, 1.807) is 7.05 Å². The quantitative estimate of drug-likeness (QED) is 0.429. The molecule has 1 aromatic heterocycles. The lowest BCUT2D eigenvalue weighted by Crippen LogP contribution is -2.30. The average Bonchev–Trinajstić information content (AvgIpc) is 2.98. The van der Waals surface area contributed by atoms with E-state index in [1.165, 1.54) is 18.3 Å². The second kappa shape index (κ2) is 6.54. The van der Waals surface area contributed by atoms with Crippen molar-refractivity contribution in [3.8, 4) is 0 Å². The maximum Gasteiger partial charge on any atom is 0.305 e. The molecule has 152 valence electrons. The number of carbonyl (C=O) groups excluding carboxylic acids is 1. The predicted molar refractivity (Wildman–Crippen MR) is 97.7 cm³/mol. The van der Waals surface area contributed by atoms with E-state index in [1.807, 2.05) is 4.90 Å². The number of halogens is 2. The van der Waals surface area contributed by atoms with Crippen molar-refractivity contribution in [2.75, 3.05) is 32.1 Å². The predicted octanol–water partition coefficient (Wildman–Crippen LogP) is 0.823. The molecule has 0 aromatic carbocycles. The Bertz CT molecular complexity index is 832.